The van der Waals surface area contributed by atoms with E-state index in [1.54, 1.807) is 18.2 Å². The molecule has 5 rings (SSSR count). The molecule has 2 aromatic rings. The van der Waals surface area contributed by atoms with Crippen LogP contribution in [0.3, 0.4) is 0 Å². The number of likely N-dealkylation sites (tertiary alicyclic amines) is 1. The summed E-state index contributed by atoms with van der Waals surface area (Å²) in [7, 11) is 1.48. The topological polar surface area (TPSA) is 164 Å². The monoisotopic (exact) mass is 545 g/mol. The number of hydrogen-bond acceptors (Lipinski definition) is 6. The second-order valence-corrected chi connectivity index (χ2v) is 10.6. The summed E-state index contributed by atoms with van der Waals surface area (Å²) in [6.45, 7) is 0.119. The number of H-pyrrole nitrogens is 1. The number of nitrogens with one attached hydrogen (secondary N) is 3. The molecule has 0 bridgehead atoms. The minimum Gasteiger partial charge on any atom is -0.496 e. The van der Waals surface area contributed by atoms with E-state index in [0.29, 0.717) is 36.0 Å². The van der Waals surface area contributed by atoms with Crippen LogP contribution in [0.1, 0.15) is 42.6 Å². The van der Waals surface area contributed by atoms with Crippen LogP contribution >= 0.6 is 0 Å². The number of ketones is 1. The molecule has 1 spiro atoms. The van der Waals surface area contributed by atoms with Gasteiger partial charge in [-0.25, -0.2) is 8.78 Å². The fourth-order valence-corrected chi connectivity index (χ4v) is 5.79. The fourth-order valence-electron chi connectivity index (χ4n) is 5.79. The zero-order valence-electron chi connectivity index (χ0n) is 21.2. The highest BCUT2D eigenvalue weighted by Gasteiger charge is 2.75. The van der Waals surface area contributed by atoms with Crippen LogP contribution in [0, 0.1) is 11.3 Å². The van der Waals surface area contributed by atoms with Crippen LogP contribution in [0.2, 0.25) is 0 Å². The lowest BCUT2D eigenvalue weighted by molar-refractivity contribution is -0.139. The summed E-state index contributed by atoms with van der Waals surface area (Å²) in [4.78, 5) is 67.6. The Labute approximate surface area is 221 Å². The van der Waals surface area contributed by atoms with E-state index in [1.165, 1.54) is 13.2 Å². The molecule has 1 saturated carbocycles. The van der Waals surface area contributed by atoms with Gasteiger partial charge in [0.15, 0.2) is 0 Å². The van der Waals surface area contributed by atoms with Gasteiger partial charge in [-0.2, -0.15) is 0 Å². The average molecular weight is 546 g/mol. The second kappa shape index (κ2) is 9.62. The van der Waals surface area contributed by atoms with E-state index in [0.717, 1.165) is 4.90 Å². The molecule has 1 aromatic carbocycles. The third-order valence-corrected chi connectivity index (χ3v) is 8.08. The van der Waals surface area contributed by atoms with Gasteiger partial charge in [-0.3, -0.25) is 24.0 Å². The minimum absolute atomic E-state index is 0.0805. The number of piperidine rings is 1. The van der Waals surface area contributed by atoms with E-state index in [4.69, 9.17) is 10.5 Å². The Balaban J connectivity index is 1.41. The van der Waals surface area contributed by atoms with Crippen molar-refractivity contribution in [2.24, 2.45) is 17.1 Å². The summed E-state index contributed by atoms with van der Waals surface area (Å²) in [5, 5.41) is 5.72. The van der Waals surface area contributed by atoms with Gasteiger partial charge in [0, 0.05) is 36.3 Å². The van der Waals surface area contributed by atoms with Crippen molar-refractivity contribution in [2.75, 3.05) is 20.2 Å². The average Bonchev–Trinajstić information content (AvgIpc) is 3.25. The highest BCUT2D eigenvalue weighted by molar-refractivity contribution is 6.38. The number of aromatic amines is 1. The van der Waals surface area contributed by atoms with E-state index in [1.807, 2.05) is 0 Å². The molecule has 3 heterocycles. The van der Waals surface area contributed by atoms with Gasteiger partial charge < -0.3 is 31.0 Å². The van der Waals surface area contributed by atoms with Gasteiger partial charge in [-0.15, -0.1) is 0 Å². The minimum atomic E-state index is -3.05. The number of carbonyl (C=O) groups excluding carboxylic acids is 5. The van der Waals surface area contributed by atoms with Crippen molar-refractivity contribution in [3.8, 4) is 5.75 Å². The van der Waals surface area contributed by atoms with Crippen molar-refractivity contribution in [1.82, 2.24) is 20.5 Å². The number of alkyl halides is 2. The predicted molar refractivity (Wildman–Crippen MR) is 133 cm³/mol. The van der Waals surface area contributed by atoms with Crippen LogP contribution < -0.4 is 21.1 Å². The quantitative estimate of drug-likeness (QED) is 0.360. The van der Waals surface area contributed by atoms with Crippen molar-refractivity contribution in [3.05, 3.63) is 30.0 Å². The van der Waals surface area contributed by atoms with Crippen LogP contribution in [0.5, 0.6) is 5.75 Å². The summed E-state index contributed by atoms with van der Waals surface area (Å²) < 4.78 is 34.2. The number of nitrogens with two attached hydrogens (primary N) is 1. The van der Waals surface area contributed by atoms with Crippen molar-refractivity contribution in [2.45, 2.75) is 50.1 Å². The Hall–Kier alpha value is -4.03. The molecular weight excluding hydrogens is 516 g/mol. The first-order chi connectivity index (χ1) is 18.5. The van der Waals surface area contributed by atoms with Crippen molar-refractivity contribution in [3.63, 3.8) is 0 Å². The molecule has 2 saturated heterocycles. The first kappa shape index (κ1) is 26.6. The number of rotatable bonds is 8. The highest BCUT2D eigenvalue weighted by atomic mass is 19.3. The smallest absolute Gasteiger partial charge is 0.287 e. The number of benzene rings is 1. The summed E-state index contributed by atoms with van der Waals surface area (Å²) in [5.41, 5.74) is 4.30. The fraction of sp³-hybridized carbons (Fsp3) is 0.500. The van der Waals surface area contributed by atoms with Gasteiger partial charge in [0.25, 0.3) is 17.7 Å². The molecule has 0 unspecified atom stereocenters. The molecule has 4 atom stereocenters. The van der Waals surface area contributed by atoms with E-state index in [9.17, 15) is 32.8 Å². The Morgan fingerprint density at radius 1 is 1.28 bits per heavy atom. The van der Waals surface area contributed by atoms with Gasteiger partial charge in [0.1, 0.15) is 17.5 Å². The van der Waals surface area contributed by atoms with Gasteiger partial charge >= 0.3 is 0 Å². The molecule has 3 aliphatic rings. The van der Waals surface area contributed by atoms with Crippen LogP contribution in [-0.2, 0) is 19.2 Å². The standard InChI is InChI=1S/C26H29F2N5O6/c1-39-19-6-2-5-15-14(19)9-17(31-15)24(38)33-12-25(11-26(25,27)28)10-18(33)23(37)32-16(20(34)21(29)35)8-13-4-3-7-30-22(13)36/h2,5-6,9,13,16,18,31H,3-4,7-8,10-12H2,1H3,(H2,29,35)(H,30,36)(H,32,37)/t13-,16-,18-,25-/m0/s1. The van der Waals surface area contributed by atoms with Gasteiger partial charge in [-0.1, -0.05) is 6.07 Å². The molecular formula is C26H29F2N5O6. The normalized spacial score (nSPS) is 26.2. The molecule has 5 N–H and O–H groups in total. The van der Waals surface area contributed by atoms with Gasteiger partial charge in [0.05, 0.1) is 18.6 Å². The number of ether oxygens (including phenoxy) is 1. The molecule has 4 amide bonds. The number of nitrogens with zero attached hydrogens (tertiary/aromatic N) is 1. The Morgan fingerprint density at radius 3 is 2.67 bits per heavy atom. The predicted octanol–water partition coefficient (Wildman–Crippen LogP) is 0.872. The van der Waals surface area contributed by atoms with Crippen LogP contribution in [-0.4, -0.2) is 77.5 Å². The first-order valence-corrected chi connectivity index (χ1v) is 12.7. The molecule has 1 aliphatic carbocycles. The van der Waals surface area contributed by atoms with Crippen LogP contribution in [0.15, 0.2) is 24.3 Å². The molecule has 3 fully saturated rings. The number of hydrogen-bond donors (Lipinski definition) is 4. The SMILES string of the molecule is COc1cccc2[nH]c(C(=O)N3C[C@]4(C[C@H]3C(=O)N[C@@H](C[C@@H]3CCCNC3=O)C(=O)C(N)=O)CC4(F)F)cc12. The number of primary amides is 1. The summed E-state index contributed by atoms with van der Waals surface area (Å²) in [6, 6.07) is 3.92. The molecule has 2 aliphatic heterocycles. The summed E-state index contributed by atoms with van der Waals surface area (Å²) >= 11 is 0. The van der Waals surface area contributed by atoms with Crippen LogP contribution in [0.25, 0.3) is 10.9 Å². The second-order valence-electron chi connectivity index (χ2n) is 10.6. The third kappa shape index (κ3) is 4.70. The van der Waals surface area contributed by atoms with Gasteiger partial charge in [0.2, 0.25) is 17.6 Å². The van der Waals surface area contributed by atoms with E-state index >= 15 is 0 Å². The molecule has 13 heteroatoms. The van der Waals surface area contributed by atoms with Crippen LogP contribution in [0.4, 0.5) is 8.78 Å². The maximum absolute atomic E-state index is 14.4. The lowest BCUT2D eigenvalue weighted by Gasteiger charge is -2.28. The largest absolute Gasteiger partial charge is 0.496 e. The summed E-state index contributed by atoms with van der Waals surface area (Å²) in [6.07, 6.45) is 0.128. The molecule has 208 valence electrons. The first-order valence-electron chi connectivity index (χ1n) is 12.7. The highest BCUT2D eigenvalue weighted by Crippen LogP contribution is 2.66. The Kier molecular flexibility index (Phi) is 6.55. The number of fused-ring (bicyclic) bond motifs is 1. The number of carbonyl (C=O) groups is 5. The molecule has 1 aromatic heterocycles. The maximum Gasteiger partial charge on any atom is 0.287 e. The lowest BCUT2D eigenvalue weighted by Crippen LogP contribution is -2.54. The van der Waals surface area contributed by atoms with Crippen molar-refractivity contribution >= 4 is 40.3 Å². The number of amides is 4. The number of Topliss-reactive ketones (excluding diaryl/α,β-unsaturated/α-hetero) is 1. The molecule has 0 radical (unpaired) electrons. The Morgan fingerprint density at radius 2 is 2.03 bits per heavy atom. The van der Waals surface area contributed by atoms with E-state index in [-0.39, 0.29) is 31.0 Å². The third-order valence-electron chi connectivity index (χ3n) is 8.08. The number of methoxy groups -OCH3 is 1. The summed E-state index contributed by atoms with van der Waals surface area (Å²) in [5.74, 6) is -7.45. The zero-order chi connectivity index (χ0) is 28.1. The zero-order valence-corrected chi connectivity index (χ0v) is 21.2. The van der Waals surface area contributed by atoms with Crippen molar-refractivity contribution < 1.29 is 37.5 Å². The molecule has 39 heavy (non-hydrogen) atoms. The van der Waals surface area contributed by atoms with Crippen molar-refractivity contribution in [1.29, 1.82) is 0 Å². The number of aromatic nitrogens is 1. The lowest BCUT2D eigenvalue weighted by atomic mass is 9.89. The maximum atomic E-state index is 14.4. The Bertz CT molecular complexity index is 1380. The van der Waals surface area contributed by atoms with E-state index < -0.39 is 59.3 Å². The van der Waals surface area contributed by atoms with E-state index in [2.05, 4.69) is 15.6 Å². The van der Waals surface area contributed by atoms with Gasteiger partial charge in [-0.05, 0) is 43.9 Å². The number of halogens is 2. The molecule has 11 nitrogen and oxygen atoms in total.